The van der Waals surface area contributed by atoms with E-state index in [-0.39, 0.29) is 0 Å². The first kappa shape index (κ1) is 9.48. The number of H-pyrrole nitrogens is 1. The van der Waals surface area contributed by atoms with Gasteiger partial charge in [0.25, 0.3) is 0 Å². The largest absolute Gasteiger partial charge is 0.469 e. The van der Waals surface area contributed by atoms with E-state index in [1.807, 2.05) is 31.2 Å². The van der Waals surface area contributed by atoms with Crippen molar-refractivity contribution < 1.29 is 4.42 Å². The number of para-hydroxylation sites is 1. The second-order valence-electron chi connectivity index (χ2n) is 3.61. The predicted octanol–water partition coefficient (Wildman–Crippen LogP) is 3.78. The predicted molar refractivity (Wildman–Crippen MR) is 63.5 cm³/mol. The van der Waals surface area contributed by atoms with E-state index in [9.17, 15) is 0 Å². The number of hydrogen-bond acceptors (Lipinski definition) is 2. The van der Waals surface area contributed by atoms with E-state index < -0.39 is 0 Å². The van der Waals surface area contributed by atoms with Gasteiger partial charge in [-0.3, -0.25) is 0 Å². The van der Waals surface area contributed by atoms with Crippen LogP contribution in [-0.2, 0) is 0 Å². The van der Waals surface area contributed by atoms with Crippen LogP contribution in [0.4, 0.5) is 0 Å². The van der Waals surface area contributed by atoms with E-state index in [2.05, 4.69) is 9.97 Å². The number of furan rings is 1. The first-order valence-electron chi connectivity index (χ1n) is 4.94. The number of nitrogens with one attached hydrogen (secondary N) is 1. The molecule has 0 saturated heterocycles. The number of aryl methyl sites for hydroxylation is 1. The summed E-state index contributed by atoms with van der Waals surface area (Å²) < 4.78 is 5.25. The summed E-state index contributed by atoms with van der Waals surface area (Å²) in [6.07, 6.45) is 1.65. The summed E-state index contributed by atoms with van der Waals surface area (Å²) in [5.41, 5.74) is 2.69. The molecule has 0 saturated carbocycles. The Morgan fingerprint density at radius 1 is 1.31 bits per heavy atom. The van der Waals surface area contributed by atoms with Crippen molar-refractivity contribution in [2.75, 3.05) is 0 Å². The van der Waals surface area contributed by atoms with Crippen LogP contribution in [0, 0.1) is 6.92 Å². The highest BCUT2D eigenvalue weighted by Crippen LogP contribution is 2.27. The fourth-order valence-electron chi connectivity index (χ4n) is 1.76. The van der Waals surface area contributed by atoms with Gasteiger partial charge in [-0.1, -0.05) is 17.7 Å². The van der Waals surface area contributed by atoms with Crippen molar-refractivity contribution in [2.45, 2.75) is 6.92 Å². The van der Waals surface area contributed by atoms with E-state index in [4.69, 9.17) is 16.0 Å². The lowest BCUT2D eigenvalue weighted by Crippen LogP contribution is -1.78. The van der Waals surface area contributed by atoms with Gasteiger partial charge in [0.2, 0.25) is 0 Å². The second kappa shape index (κ2) is 3.39. The Bertz CT molecular complexity index is 654. The van der Waals surface area contributed by atoms with E-state index in [1.165, 1.54) is 0 Å². The second-order valence-corrected chi connectivity index (χ2v) is 4.02. The first-order chi connectivity index (χ1) is 7.75. The van der Waals surface area contributed by atoms with Crippen LogP contribution in [0.5, 0.6) is 0 Å². The van der Waals surface area contributed by atoms with Crippen LogP contribution in [0.25, 0.3) is 22.4 Å². The van der Waals surface area contributed by atoms with Gasteiger partial charge >= 0.3 is 0 Å². The van der Waals surface area contributed by atoms with Gasteiger partial charge in [-0.2, -0.15) is 0 Å². The summed E-state index contributed by atoms with van der Waals surface area (Å²) in [7, 11) is 0. The molecular weight excluding hydrogens is 224 g/mol. The molecule has 4 heteroatoms. The topological polar surface area (TPSA) is 41.8 Å². The third kappa shape index (κ3) is 1.32. The van der Waals surface area contributed by atoms with Crippen molar-refractivity contribution in [2.24, 2.45) is 0 Å². The molecule has 3 nitrogen and oxygen atoms in total. The molecule has 0 aliphatic rings. The maximum atomic E-state index is 6.07. The van der Waals surface area contributed by atoms with Gasteiger partial charge in [-0.05, 0) is 25.1 Å². The van der Waals surface area contributed by atoms with Crippen molar-refractivity contribution in [1.29, 1.82) is 0 Å². The monoisotopic (exact) mass is 232 g/mol. The van der Waals surface area contributed by atoms with E-state index in [0.717, 1.165) is 28.2 Å². The number of nitrogens with zero attached hydrogens (tertiary/aromatic N) is 1. The Balaban J connectivity index is 2.27. The van der Waals surface area contributed by atoms with Gasteiger partial charge in [-0.25, -0.2) is 4.98 Å². The molecule has 80 valence electrons. The van der Waals surface area contributed by atoms with Crippen molar-refractivity contribution in [3.63, 3.8) is 0 Å². The average molecular weight is 233 g/mol. The molecule has 2 aromatic heterocycles. The van der Waals surface area contributed by atoms with Gasteiger partial charge in [0.05, 0.1) is 22.4 Å². The number of fused-ring (bicyclic) bond motifs is 1. The molecule has 0 amide bonds. The maximum Gasteiger partial charge on any atom is 0.142 e. The lowest BCUT2D eigenvalue weighted by Gasteiger charge is -1.90. The molecule has 0 atom stereocenters. The van der Waals surface area contributed by atoms with Crippen molar-refractivity contribution in [3.8, 4) is 11.4 Å². The minimum Gasteiger partial charge on any atom is -0.469 e. The summed E-state index contributed by atoms with van der Waals surface area (Å²) in [5.74, 6) is 1.63. The highest BCUT2D eigenvalue weighted by Gasteiger charge is 2.10. The Morgan fingerprint density at radius 2 is 2.19 bits per heavy atom. The Morgan fingerprint density at radius 3 is 2.88 bits per heavy atom. The molecule has 1 aromatic carbocycles. The molecule has 2 heterocycles. The molecule has 16 heavy (non-hydrogen) atoms. The van der Waals surface area contributed by atoms with Crippen LogP contribution in [0.2, 0.25) is 5.02 Å². The molecule has 3 aromatic rings. The summed E-state index contributed by atoms with van der Waals surface area (Å²) in [6.45, 7) is 1.91. The van der Waals surface area contributed by atoms with Crippen LogP contribution >= 0.6 is 11.6 Å². The fourth-order valence-corrected chi connectivity index (χ4v) is 1.97. The van der Waals surface area contributed by atoms with Gasteiger partial charge in [0.15, 0.2) is 0 Å². The maximum absolute atomic E-state index is 6.07. The average Bonchev–Trinajstić information content (AvgIpc) is 2.84. The molecule has 1 N–H and O–H groups in total. The number of imidazole rings is 1. The molecular formula is C12H9ClN2O. The lowest BCUT2D eigenvalue weighted by atomic mass is 10.2. The number of halogens is 1. The molecule has 3 rings (SSSR count). The molecule has 0 spiro atoms. The quantitative estimate of drug-likeness (QED) is 0.694. The van der Waals surface area contributed by atoms with Gasteiger partial charge in [0, 0.05) is 0 Å². The highest BCUT2D eigenvalue weighted by atomic mass is 35.5. The summed E-state index contributed by atoms with van der Waals surface area (Å²) in [4.78, 5) is 7.69. The first-order valence-corrected chi connectivity index (χ1v) is 5.32. The smallest absolute Gasteiger partial charge is 0.142 e. The van der Waals surface area contributed by atoms with Gasteiger partial charge in [-0.15, -0.1) is 0 Å². The van der Waals surface area contributed by atoms with Crippen LogP contribution in [0.15, 0.2) is 34.9 Å². The number of aromatic amines is 1. The molecule has 0 bridgehead atoms. The standard InChI is InChI=1S/C12H9ClN2O/c1-7-8(5-6-16-7)12-14-10-4-2-3-9(13)11(10)15-12/h2-6H,1H3,(H,14,15). The molecule has 0 aliphatic carbocycles. The minimum absolute atomic E-state index is 0.654. The third-order valence-electron chi connectivity index (χ3n) is 2.58. The zero-order valence-electron chi connectivity index (χ0n) is 8.62. The number of benzene rings is 1. The third-order valence-corrected chi connectivity index (χ3v) is 2.88. The highest BCUT2D eigenvalue weighted by molar-refractivity contribution is 6.34. The van der Waals surface area contributed by atoms with E-state index in [0.29, 0.717) is 5.02 Å². The molecule has 0 fully saturated rings. The van der Waals surface area contributed by atoms with Gasteiger partial charge in [0.1, 0.15) is 17.1 Å². The summed E-state index contributed by atoms with van der Waals surface area (Å²) in [6, 6.07) is 7.57. The van der Waals surface area contributed by atoms with E-state index in [1.54, 1.807) is 6.26 Å². The summed E-state index contributed by atoms with van der Waals surface area (Å²) in [5, 5.41) is 0.654. The van der Waals surface area contributed by atoms with Crippen molar-refractivity contribution >= 4 is 22.6 Å². The molecule has 0 radical (unpaired) electrons. The van der Waals surface area contributed by atoms with E-state index >= 15 is 0 Å². The number of rotatable bonds is 1. The minimum atomic E-state index is 0.654. The van der Waals surface area contributed by atoms with Crippen LogP contribution in [-0.4, -0.2) is 9.97 Å². The van der Waals surface area contributed by atoms with Crippen LogP contribution < -0.4 is 0 Å². The Kier molecular flexibility index (Phi) is 2.01. The molecule has 0 aliphatic heterocycles. The zero-order valence-corrected chi connectivity index (χ0v) is 9.38. The van der Waals surface area contributed by atoms with Crippen molar-refractivity contribution in [3.05, 3.63) is 41.3 Å². The Labute approximate surface area is 97.1 Å². The lowest BCUT2D eigenvalue weighted by molar-refractivity contribution is 0.535. The van der Waals surface area contributed by atoms with Crippen molar-refractivity contribution in [1.82, 2.24) is 9.97 Å². The normalized spacial score (nSPS) is 11.1. The number of hydrogen-bond donors (Lipinski definition) is 1. The fraction of sp³-hybridized carbons (Fsp3) is 0.0833. The van der Waals surface area contributed by atoms with Gasteiger partial charge < -0.3 is 9.40 Å². The Hall–Kier alpha value is -1.74. The zero-order chi connectivity index (χ0) is 11.1. The van der Waals surface area contributed by atoms with Crippen LogP contribution in [0.1, 0.15) is 5.76 Å². The number of aromatic nitrogens is 2. The molecule has 0 unspecified atom stereocenters. The van der Waals surface area contributed by atoms with Crippen LogP contribution in [0.3, 0.4) is 0 Å². The summed E-state index contributed by atoms with van der Waals surface area (Å²) >= 11 is 6.07. The SMILES string of the molecule is Cc1occc1-c1nc2c(Cl)cccc2[nH]1.